The van der Waals surface area contributed by atoms with Crippen molar-refractivity contribution in [2.24, 2.45) is 5.92 Å². The highest BCUT2D eigenvalue weighted by molar-refractivity contribution is 5.82. The first-order valence-corrected chi connectivity index (χ1v) is 13.1. The number of aromatic nitrogens is 2. The van der Waals surface area contributed by atoms with Crippen LogP contribution in [0.1, 0.15) is 32.3 Å². The van der Waals surface area contributed by atoms with Crippen molar-refractivity contribution in [2.75, 3.05) is 56.1 Å². The van der Waals surface area contributed by atoms with E-state index in [0.717, 1.165) is 40.8 Å². The standard InChI is InChI=1S/C28H36N6O2/c1-3-36-28(35)34-18-16-33(17-19-34)27-26(30-24-6-4-5-7-25(24)31-27)29-23-10-8-22(9-11-23)20-32-14-12-21(2)13-15-32/h4-11,21H,3,12-20H2,1-2H3,(H,29,30). The fourth-order valence-corrected chi connectivity index (χ4v) is 4.92. The number of hydrogen-bond acceptors (Lipinski definition) is 7. The Morgan fingerprint density at radius 1 is 0.944 bits per heavy atom. The Hall–Kier alpha value is -3.39. The van der Waals surface area contributed by atoms with Gasteiger partial charge in [0.05, 0.1) is 17.6 Å². The van der Waals surface area contributed by atoms with Crippen molar-refractivity contribution < 1.29 is 9.53 Å². The largest absolute Gasteiger partial charge is 0.450 e. The summed E-state index contributed by atoms with van der Waals surface area (Å²) in [6, 6.07) is 16.6. The molecular weight excluding hydrogens is 452 g/mol. The molecule has 8 nitrogen and oxygen atoms in total. The first kappa shape index (κ1) is 24.3. The minimum absolute atomic E-state index is 0.251. The number of piperazine rings is 1. The molecule has 0 radical (unpaired) electrons. The molecular formula is C28H36N6O2. The number of para-hydroxylation sites is 2. The molecule has 5 rings (SSSR count). The Morgan fingerprint density at radius 2 is 1.61 bits per heavy atom. The van der Waals surface area contributed by atoms with Gasteiger partial charge >= 0.3 is 6.09 Å². The van der Waals surface area contributed by atoms with Gasteiger partial charge in [0.15, 0.2) is 11.6 Å². The Morgan fingerprint density at radius 3 is 2.28 bits per heavy atom. The van der Waals surface area contributed by atoms with E-state index < -0.39 is 0 Å². The molecule has 0 unspecified atom stereocenters. The summed E-state index contributed by atoms with van der Waals surface area (Å²) in [7, 11) is 0. The van der Waals surface area contributed by atoms with Crippen LogP contribution in [0.3, 0.4) is 0 Å². The zero-order valence-electron chi connectivity index (χ0n) is 21.3. The normalized spacial score (nSPS) is 17.4. The van der Waals surface area contributed by atoms with Crippen LogP contribution in [-0.4, -0.2) is 71.7 Å². The molecule has 190 valence electrons. The number of nitrogens with zero attached hydrogens (tertiary/aromatic N) is 5. The number of carbonyl (C=O) groups excluding carboxylic acids is 1. The summed E-state index contributed by atoms with van der Waals surface area (Å²) in [6.45, 7) is 10.5. The average molecular weight is 489 g/mol. The second kappa shape index (κ2) is 11.1. The molecule has 2 aliphatic rings. The molecule has 0 atom stereocenters. The Kier molecular flexibility index (Phi) is 7.51. The van der Waals surface area contributed by atoms with Crippen LogP contribution in [0.25, 0.3) is 11.0 Å². The molecule has 1 aromatic heterocycles. The highest BCUT2D eigenvalue weighted by Gasteiger charge is 2.25. The third-order valence-electron chi connectivity index (χ3n) is 7.16. The molecule has 2 fully saturated rings. The molecule has 0 bridgehead atoms. The molecule has 36 heavy (non-hydrogen) atoms. The van der Waals surface area contributed by atoms with E-state index in [2.05, 4.69) is 46.3 Å². The van der Waals surface area contributed by atoms with Gasteiger partial charge in [-0.25, -0.2) is 14.8 Å². The Bertz CT molecular complexity index is 1170. The van der Waals surface area contributed by atoms with Gasteiger partial charge in [0, 0.05) is 38.4 Å². The van der Waals surface area contributed by atoms with Crippen LogP contribution in [0.4, 0.5) is 22.1 Å². The van der Waals surface area contributed by atoms with E-state index in [4.69, 9.17) is 14.7 Å². The van der Waals surface area contributed by atoms with Crippen LogP contribution in [0.5, 0.6) is 0 Å². The number of benzene rings is 2. The topological polar surface area (TPSA) is 73.8 Å². The molecule has 0 spiro atoms. The molecule has 1 N–H and O–H groups in total. The number of hydrogen-bond donors (Lipinski definition) is 1. The maximum atomic E-state index is 12.1. The van der Waals surface area contributed by atoms with Crippen LogP contribution >= 0.6 is 0 Å². The highest BCUT2D eigenvalue weighted by atomic mass is 16.6. The van der Waals surface area contributed by atoms with Crippen molar-refractivity contribution in [3.8, 4) is 0 Å². The monoisotopic (exact) mass is 488 g/mol. The van der Waals surface area contributed by atoms with Gasteiger partial charge < -0.3 is 19.9 Å². The van der Waals surface area contributed by atoms with Crippen molar-refractivity contribution in [1.29, 1.82) is 0 Å². The van der Waals surface area contributed by atoms with Gasteiger partial charge in [-0.05, 0) is 68.6 Å². The van der Waals surface area contributed by atoms with E-state index in [1.807, 2.05) is 31.2 Å². The minimum Gasteiger partial charge on any atom is -0.450 e. The molecule has 8 heteroatoms. The highest BCUT2D eigenvalue weighted by Crippen LogP contribution is 2.29. The van der Waals surface area contributed by atoms with E-state index >= 15 is 0 Å². The van der Waals surface area contributed by atoms with Crippen molar-refractivity contribution in [2.45, 2.75) is 33.2 Å². The first-order valence-electron chi connectivity index (χ1n) is 13.1. The number of nitrogens with one attached hydrogen (secondary N) is 1. The number of piperidine rings is 1. The van der Waals surface area contributed by atoms with Crippen LogP contribution in [0.2, 0.25) is 0 Å². The summed E-state index contributed by atoms with van der Waals surface area (Å²) in [4.78, 5) is 28.5. The molecule has 1 amide bonds. The van der Waals surface area contributed by atoms with Crippen molar-refractivity contribution >= 4 is 34.4 Å². The molecule has 2 aromatic carbocycles. The smallest absolute Gasteiger partial charge is 0.409 e. The maximum Gasteiger partial charge on any atom is 0.409 e. The van der Waals surface area contributed by atoms with E-state index in [1.54, 1.807) is 4.90 Å². The molecule has 3 heterocycles. The Balaban J connectivity index is 1.32. The summed E-state index contributed by atoms with van der Waals surface area (Å²) in [5.41, 5.74) is 4.03. The minimum atomic E-state index is -0.251. The van der Waals surface area contributed by atoms with Crippen LogP contribution in [-0.2, 0) is 11.3 Å². The molecule has 3 aromatic rings. The number of anilines is 3. The van der Waals surface area contributed by atoms with Gasteiger partial charge in [0.1, 0.15) is 0 Å². The van der Waals surface area contributed by atoms with E-state index in [-0.39, 0.29) is 6.09 Å². The lowest BCUT2D eigenvalue weighted by molar-refractivity contribution is 0.105. The molecule has 2 saturated heterocycles. The fraction of sp³-hybridized carbons (Fsp3) is 0.464. The average Bonchev–Trinajstić information content (AvgIpc) is 2.91. The second-order valence-electron chi connectivity index (χ2n) is 9.84. The molecule has 2 aliphatic heterocycles. The Labute approximate surface area is 213 Å². The van der Waals surface area contributed by atoms with E-state index in [1.165, 1.54) is 31.5 Å². The SMILES string of the molecule is CCOC(=O)N1CCN(c2nc3ccccc3nc2Nc2ccc(CN3CCC(C)CC3)cc2)CC1. The van der Waals surface area contributed by atoms with Gasteiger partial charge in [0.2, 0.25) is 0 Å². The lowest BCUT2D eigenvalue weighted by Gasteiger charge is -2.35. The summed E-state index contributed by atoms with van der Waals surface area (Å²) < 4.78 is 5.17. The number of fused-ring (bicyclic) bond motifs is 1. The molecule has 0 saturated carbocycles. The van der Waals surface area contributed by atoms with Gasteiger partial charge in [-0.3, -0.25) is 4.90 Å². The van der Waals surface area contributed by atoms with Gasteiger partial charge in [-0.15, -0.1) is 0 Å². The van der Waals surface area contributed by atoms with E-state index in [0.29, 0.717) is 32.8 Å². The fourth-order valence-electron chi connectivity index (χ4n) is 4.92. The maximum absolute atomic E-state index is 12.1. The predicted octanol–water partition coefficient (Wildman–Crippen LogP) is 4.88. The lowest BCUT2D eigenvalue weighted by Crippen LogP contribution is -2.49. The number of ether oxygens (including phenoxy) is 1. The summed E-state index contributed by atoms with van der Waals surface area (Å²) in [5.74, 6) is 2.39. The third kappa shape index (κ3) is 5.70. The van der Waals surface area contributed by atoms with Gasteiger partial charge in [-0.1, -0.05) is 31.2 Å². The third-order valence-corrected chi connectivity index (χ3v) is 7.16. The second-order valence-corrected chi connectivity index (χ2v) is 9.84. The number of likely N-dealkylation sites (tertiary alicyclic amines) is 1. The van der Waals surface area contributed by atoms with Gasteiger partial charge in [0.25, 0.3) is 0 Å². The number of amides is 1. The summed E-state index contributed by atoms with van der Waals surface area (Å²) in [6.07, 6.45) is 2.33. The number of rotatable bonds is 6. The molecule has 0 aliphatic carbocycles. The van der Waals surface area contributed by atoms with E-state index in [9.17, 15) is 4.79 Å². The van der Waals surface area contributed by atoms with Crippen LogP contribution in [0.15, 0.2) is 48.5 Å². The summed E-state index contributed by atoms with van der Waals surface area (Å²) >= 11 is 0. The zero-order chi connectivity index (χ0) is 24.9. The van der Waals surface area contributed by atoms with Gasteiger partial charge in [-0.2, -0.15) is 0 Å². The van der Waals surface area contributed by atoms with Crippen molar-refractivity contribution in [3.05, 3.63) is 54.1 Å². The number of carbonyl (C=O) groups is 1. The predicted molar refractivity (Wildman–Crippen MR) is 144 cm³/mol. The van der Waals surface area contributed by atoms with Crippen molar-refractivity contribution in [1.82, 2.24) is 19.8 Å². The lowest BCUT2D eigenvalue weighted by atomic mass is 9.99. The first-order chi connectivity index (χ1) is 17.6. The van der Waals surface area contributed by atoms with Crippen LogP contribution in [0, 0.1) is 5.92 Å². The summed E-state index contributed by atoms with van der Waals surface area (Å²) in [5, 5.41) is 3.52. The van der Waals surface area contributed by atoms with Crippen molar-refractivity contribution in [3.63, 3.8) is 0 Å². The van der Waals surface area contributed by atoms with Crippen LogP contribution < -0.4 is 10.2 Å². The quantitative estimate of drug-likeness (QED) is 0.530. The zero-order valence-corrected chi connectivity index (χ0v) is 21.3.